The summed E-state index contributed by atoms with van der Waals surface area (Å²) in [7, 11) is 0. The molecule has 7 nitrogen and oxygen atoms in total. The van der Waals surface area contributed by atoms with Crippen LogP contribution in [-0.4, -0.2) is 41.9 Å². The lowest BCUT2D eigenvalue weighted by molar-refractivity contribution is -0.142. The van der Waals surface area contributed by atoms with Crippen LogP contribution >= 0.6 is 0 Å². The molecule has 0 fully saturated rings. The lowest BCUT2D eigenvalue weighted by atomic mass is 10.1. The van der Waals surface area contributed by atoms with Gasteiger partial charge in [-0.05, 0) is 5.92 Å². The van der Waals surface area contributed by atoms with Crippen LogP contribution in [-0.2, 0) is 9.53 Å². The van der Waals surface area contributed by atoms with Gasteiger partial charge in [-0.2, -0.15) is 0 Å². The average Bonchev–Trinajstić information content (AvgIpc) is 2.77. The topological polar surface area (TPSA) is 102 Å². The second kappa shape index (κ2) is 6.75. The van der Waals surface area contributed by atoms with E-state index in [-0.39, 0.29) is 31.4 Å². The van der Waals surface area contributed by atoms with Crippen LogP contribution in [0, 0.1) is 0 Å². The molecule has 1 heterocycles. The van der Waals surface area contributed by atoms with E-state index < -0.39 is 11.9 Å². The summed E-state index contributed by atoms with van der Waals surface area (Å²) in [4.78, 5) is 21.7. The Bertz CT molecular complexity index is 413. The molecule has 0 saturated carbocycles. The molecule has 1 aromatic heterocycles. The third-order valence-corrected chi connectivity index (χ3v) is 2.10. The number of aromatic nitrogens is 1. The molecule has 0 aliphatic carbocycles. The first-order valence-corrected chi connectivity index (χ1v) is 5.55. The van der Waals surface area contributed by atoms with E-state index in [4.69, 9.17) is 14.4 Å². The fourth-order valence-electron chi connectivity index (χ4n) is 1.15. The van der Waals surface area contributed by atoms with Gasteiger partial charge in [-0.1, -0.05) is 19.0 Å². The van der Waals surface area contributed by atoms with Crippen LogP contribution in [0.2, 0.25) is 0 Å². The maximum Gasteiger partial charge on any atom is 0.329 e. The van der Waals surface area contributed by atoms with Crippen LogP contribution in [0.5, 0.6) is 0 Å². The molecule has 0 unspecified atom stereocenters. The summed E-state index contributed by atoms with van der Waals surface area (Å²) in [6, 6.07) is 1.58. The van der Waals surface area contributed by atoms with Gasteiger partial charge in [-0.3, -0.25) is 4.79 Å². The van der Waals surface area contributed by atoms with Gasteiger partial charge in [0.25, 0.3) is 5.91 Å². The first-order valence-electron chi connectivity index (χ1n) is 5.55. The Hall–Kier alpha value is -1.89. The standard InChI is InChI=1S/C11H16N2O5/c1-7(2)8-5-9(18-13-8)11(16)12-3-4-17-6-10(14)15/h5,7H,3-4,6H2,1-2H3,(H,12,16)(H,14,15). The predicted octanol–water partition coefficient (Wildman–Crippen LogP) is 0.629. The van der Waals surface area contributed by atoms with Gasteiger partial charge in [0.05, 0.1) is 12.3 Å². The zero-order valence-electron chi connectivity index (χ0n) is 10.3. The summed E-state index contributed by atoms with van der Waals surface area (Å²) in [5.41, 5.74) is 0.710. The largest absolute Gasteiger partial charge is 0.480 e. The van der Waals surface area contributed by atoms with Crippen molar-refractivity contribution in [1.82, 2.24) is 10.5 Å². The van der Waals surface area contributed by atoms with E-state index in [1.807, 2.05) is 13.8 Å². The molecule has 100 valence electrons. The highest BCUT2D eigenvalue weighted by Gasteiger charge is 2.13. The van der Waals surface area contributed by atoms with Crippen LogP contribution in [0.1, 0.15) is 36.0 Å². The van der Waals surface area contributed by atoms with E-state index in [9.17, 15) is 9.59 Å². The maximum atomic E-state index is 11.6. The minimum atomic E-state index is -1.04. The SMILES string of the molecule is CC(C)c1cc(C(=O)NCCOCC(=O)O)on1. The summed E-state index contributed by atoms with van der Waals surface area (Å²) >= 11 is 0. The van der Waals surface area contributed by atoms with Crippen LogP contribution in [0.25, 0.3) is 0 Å². The third-order valence-electron chi connectivity index (χ3n) is 2.10. The van der Waals surface area contributed by atoms with Crippen molar-refractivity contribution in [2.45, 2.75) is 19.8 Å². The lowest BCUT2D eigenvalue weighted by Gasteiger charge is -2.02. The van der Waals surface area contributed by atoms with E-state index in [0.717, 1.165) is 0 Å². The molecule has 0 aliphatic rings. The molecule has 0 saturated heterocycles. The first-order chi connectivity index (χ1) is 8.50. The molecule has 18 heavy (non-hydrogen) atoms. The molecule has 0 atom stereocenters. The number of carbonyl (C=O) groups excluding carboxylic acids is 1. The Balaban J connectivity index is 2.29. The Morgan fingerprint density at radius 2 is 2.28 bits per heavy atom. The molecule has 1 rings (SSSR count). The minimum Gasteiger partial charge on any atom is -0.480 e. The third kappa shape index (κ3) is 4.54. The number of carbonyl (C=O) groups is 2. The van der Waals surface area contributed by atoms with Gasteiger partial charge in [0.2, 0.25) is 5.76 Å². The first kappa shape index (κ1) is 14.2. The van der Waals surface area contributed by atoms with Crippen molar-refractivity contribution in [3.8, 4) is 0 Å². The van der Waals surface area contributed by atoms with Gasteiger partial charge in [0.1, 0.15) is 6.61 Å². The number of amides is 1. The van der Waals surface area contributed by atoms with Crippen LogP contribution in [0.3, 0.4) is 0 Å². The molecule has 1 amide bonds. The Morgan fingerprint density at radius 3 is 2.83 bits per heavy atom. The number of hydrogen-bond donors (Lipinski definition) is 2. The van der Waals surface area contributed by atoms with Crippen molar-refractivity contribution in [1.29, 1.82) is 0 Å². The number of nitrogens with one attached hydrogen (secondary N) is 1. The highest BCUT2D eigenvalue weighted by Crippen LogP contribution is 2.13. The highest BCUT2D eigenvalue weighted by atomic mass is 16.5. The number of carboxylic acids is 1. The van der Waals surface area contributed by atoms with Gasteiger partial charge in [-0.15, -0.1) is 0 Å². The summed E-state index contributed by atoms with van der Waals surface area (Å²) < 4.78 is 9.65. The normalized spacial score (nSPS) is 10.6. The molecular formula is C11H16N2O5. The van der Waals surface area contributed by atoms with E-state index in [1.54, 1.807) is 6.07 Å². The van der Waals surface area contributed by atoms with Crippen LogP contribution in [0.4, 0.5) is 0 Å². The maximum absolute atomic E-state index is 11.6. The van der Waals surface area contributed by atoms with Gasteiger partial charge in [-0.25, -0.2) is 4.79 Å². The second-order valence-electron chi connectivity index (χ2n) is 3.97. The molecular weight excluding hydrogens is 240 g/mol. The fourth-order valence-corrected chi connectivity index (χ4v) is 1.15. The Morgan fingerprint density at radius 1 is 1.56 bits per heavy atom. The summed E-state index contributed by atoms with van der Waals surface area (Å²) in [6.45, 7) is 3.85. The van der Waals surface area contributed by atoms with Gasteiger partial charge < -0.3 is 19.7 Å². The number of rotatable bonds is 7. The molecule has 0 spiro atoms. The monoisotopic (exact) mass is 256 g/mol. The zero-order valence-corrected chi connectivity index (χ0v) is 10.3. The second-order valence-corrected chi connectivity index (χ2v) is 3.97. The molecule has 0 aromatic carbocycles. The van der Waals surface area contributed by atoms with E-state index >= 15 is 0 Å². The van der Waals surface area contributed by atoms with Crippen molar-refractivity contribution in [3.05, 3.63) is 17.5 Å². The van der Waals surface area contributed by atoms with Crippen molar-refractivity contribution < 1.29 is 24.0 Å². The minimum absolute atomic E-state index is 0.128. The molecule has 0 radical (unpaired) electrons. The molecule has 1 aromatic rings. The summed E-state index contributed by atoms with van der Waals surface area (Å²) in [5, 5.41) is 14.6. The number of ether oxygens (including phenoxy) is 1. The lowest BCUT2D eigenvalue weighted by Crippen LogP contribution is -2.27. The van der Waals surface area contributed by atoms with E-state index in [2.05, 4.69) is 10.5 Å². The zero-order chi connectivity index (χ0) is 13.5. The number of hydrogen-bond acceptors (Lipinski definition) is 5. The van der Waals surface area contributed by atoms with Crippen LogP contribution < -0.4 is 5.32 Å². The fraction of sp³-hybridized carbons (Fsp3) is 0.545. The van der Waals surface area contributed by atoms with Gasteiger partial charge in [0.15, 0.2) is 0 Å². The Kier molecular flexibility index (Phi) is 5.31. The van der Waals surface area contributed by atoms with Crippen molar-refractivity contribution in [3.63, 3.8) is 0 Å². The van der Waals surface area contributed by atoms with Crippen LogP contribution in [0.15, 0.2) is 10.6 Å². The number of nitrogens with zero attached hydrogens (tertiary/aromatic N) is 1. The molecule has 0 aliphatic heterocycles. The van der Waals surface area contributed by atoms with Gasteiger partial charge in [0, 0.05) is 12.6 Å². The molecule has 7 heteroatoms. The van der Waals surface area contributed by atoms with E-state index in [1.165, 1.54) is 0 Å². The smallest absolute Gasteiger partial charge is 0.329 e. The summed E-state index contributed by atoms with van der Waals surface area (Å²) in [5.74, 6) is -1.11. The average molecular weight is 256 g/mol. The Labute approximate surface area is 104 Å². The molecule has 0 bridgehead atoms. The number of aliphatic carboxylic acids is 1. The van der Waals surface area contributed by atoms with Crippen molar-refractivity contribution >= 4 is 11.9 Å². The van der Waals surface area contributed by atoms with Crippen molar-refractivity contribution in [2.24, 2.45) is 0 Å². The van der Waals surface area contributed by atoms with Gasteiger partial charge >= 0.3 is 5.97 Å². The predicted molar refractivity (Wildman–Crippen MR) is 61.4 cm³/mol. The summed E-state index contributed by atoms with van der Waals surface area (Å²) in [6.07, 6.45) is 0. The quantitative estimate of drug-likeness (QED) is 0.694. The number of carboxylic acid groups (broad SMARTS) is 1. The highest BCUT2D eigenvalue weighted by molar-refractivity contribution is 5.91. The molecule has 2 N–H and O–H groups in total. The van der Waals surface area contributed by atoms with E-state index in [0.29, 0.717) is 5.69 Å². The van der Waals surface area contributed by atoms with Crippen molar-refractivity contribution in [2.75, 3.05) is 19.8 Å².